The number of thiophene rings is 1. The van der Waals surface area contributed by atoms with E-state index in [0.29, 0.717) is 17.1 Å². The van der Waals surface area contributed by atoms with Crippen LogP contribution < -0.4 is 5.32 Å². The van der Waals surface area contributed by atoms with E-state index in [4.69, 9.17) is 4.52 Å². The number of aryl methyl sites for hydroxylation is 2. The fraction of sp³-hybridized carbons (Fsp3) is 0.273. The summed E-state index contributed by atoms with van der Waals surface area (Å²) >= 11 is 1.57. The van der Waals surface area contributed by atoms with Gasteiger partial charge < -0.3 is 9.84 Å². The second kappa shape index (κ2) is 4.09. The minimum atomic E-state index is -0.143. The molecule has 0 bridgehead atoms. The van der Waals surface area contributed by atoms with E-state index in [0.717, 1.165) is 10.4 Å². The first kappa shape index (κ1) is 10.9. The van der Waals surface area contributed by atoms with Crippen LogP contribution >= 0.6 is 11.3 Å². The number of carbonyl (C=O) groups excluding carboxylic acids is 1. The largest absolute Gasteiger partial charge is 0.360 e. The summed E-state index contributed by atoms with van der Waals surface area (Å²) in [7, 11) is 0. The van der Waals surface area contributed by atoms with Crippen LogP contribution in [-0.4, -0.2) is 11.1 Å². The fourth-order valence-corrected chi connectivity index (χ4v) is 2.21. The van der Waals surface area contributed by atoms with Crippen molar-refractivity contribution >= 4 is 23.1 Å². The van der Waals surface area contributed by atoms with Crippen LogP contribution in [0.25, 0.3) is 0 Å². The summed E-state index contributed by atoms with van der Waals surface area (Å²) in [5, 5.41) is 8.26. The Labute approximate surface area is 97.3 Å². The Kier molecular flexibility index (Phi) is 2.78. The maximum Gasteiger partial charge on any atom is 0.258 e. The first-order chi connectivity index (χ1) is 7.58. The van der Waals surface area contributed by atoms with Crippen molar-refractivity contribution in [3.05, 3.63) is 33.2 Å². The normalized spacial score (nSPS) is 10.4. The van der Waals surface area contributed by atoms with E-state index in [-0.39, 0.29) is 5.91 Å². The first-order valence-corrected chi connectivity index (χ1v) is 5.75. The molecule has 0 unspecified atom stereocenters. The van der Waals surface area contributed by atoms with Crippen LogP contribution in [0.5, 0.6) is 0 Å². The quantitative estimate of drug-likeness (QED) is 0.872. The molecular weight excluding hydrogens is 224 g/mol. The standard InChI is InChI=1S/C11H12N2O2S/c1-6-4-10(13-15-6)12-11(14)9-5-16-8(3)7(9)2/h4-5H,1-3H3,(H,12,13,14). The minimum absolute atomic E-state index is 0.143. The molecule has 2 rings (SSSR count). The van der Waals surface area contributed by atoms with E-state index in [2.05, 4.69) is 10.5 Å². The van der Waals surface area contributed by atoms with Crippen LogP contribution in [-0.2, 0) is 0 Å². The molecule has 0 fully saturated rings. The molecule has 16 heavy (non-hydrogen) atoms. The lowest BCUT2D eigenvalue weighted by atomic mass is 10.2. The molecule has 0 aromatic carbocycles. The molecule has 0 saturated carbocycles. The van der Waals surface area contributed by atoms with Gasteiger partial charge in [0.05, 0.1) is 5.56 Å². The fourth-order valence-electron chi connectivity index (χ4n) is 1.35. The molecule has 0 saturated heterocycles. The molecule has 2 aromatic heterocycles. The molecule has 5 heteroatoms. The van der Waals surface area contributed by atoms with Crippen molar-refractivity contribution in [2.75, 3.05) is 5.32 Å². The summed E-state index contributed by atoms with van der Waals surface area (Å²) < 4.78 is 4.87. The van der Waals surface area contributed by atoms with Gasteiger partial charge in [0.25, 0.3) is 5.91 Å². The Morgan fingerprint density at radius 2 is 2.19 bits per heavy atom. The SMILES string of the molecule is Cc1cc(NC(=O)c2csc(C)c2C)no1. The molecule has 0 radical (unpaired) electrons. The molecule has 84 valence electrons. The molecule has 0 spiro atoms. The summed E-state index contributed by atoms with van der Waals surface area (Å²) in [4.78, 5) is 13.0. The lowest BCUT2D eigenvalue weighted by molar-refractivity contribution is 0.102. The van der Waals surface area contributed by atoms with Gasteiger partial charge in [0.1, 0.15) is 5.76 Å². The van der Waals surface area contributed by atoms with Crippen molar-refractivity contribution in [3.8, 4) is 0 Å². The zero-order valence-corrected chi connectivity index (χ0v) is 10.1. The van der Waals surface area contributed by atoms with Gasteiger partial charge in [-0.25, -0.2) is 0 Å². The Hall–Kier alpha value is -1.62. The van der Waals surface area contributed by atoms with Crippen molar-refractivity contribution in [1.29, 1.82) is 0 Å². The summed E-state index contributed by atoms with van der Waals surface area (Å²) in [6.45, 7) is 5.72. The average Bonchev–Trinajstić information content (AvgIpc) is 2.76. The lowest BCUT2D eigenvalue weighted by Crippen LogP contribution is -2.12. The number of hydrogen-bond donors (Lipinski definition) is 1. The van der Waals surface area contributed by atoms with Crippen LogP contribution in [0.1, 0.15) is 26.6 Å². The number of hydrogen-bond acceptors (Lipinski definition) is 4. The Balaban J connectivity index is 2.18. The van der Waals surface area contributed by atoms with Crippen LogP contribution in [0.4, 0.5) is 5.82 Å². The van der Waals surface area contributed by atoms with Gasteiger partial charge in [-0.1, -0.05) is 5.16 Å². The van der Waals surface area contributed by atoms with Crippen molar-refractivity contribution in [3.63, 3.8) is 0 Å². The molecule has 2 aromatic rings. The monoisotopic (exact) mass is 236 g/mol. The number of rotatable bonds is 2. The maximum atomic E-state index is 11.9. The van der Waals surface area contributed by atoms with E-state index in [9.17, 15) is 4.79 Å². The van der Waals surface area contributed by atoms with Crippen LogP contribution in [0.2, 0.25) is 0 Å². The highest BCUT2D eigenvalue weighted by Crippen LogP contribution is 2.21. The zero-order valence-electron chi connectivity index (χ0n) is 9.33. The van der Waals surface area contributed by atoms with E-state index in [1.54, 1.807) is 24.3 Å². The molecule has 4 nitrogen and oxygen atoms in total. The number of nitrogens with zero attached hydrogens (tertiary/aromatic N) is 1. The molecule has 0 aliphatic rings. The van der Waals surface area contributed by atoms with Gasteiger partial charge in [0.15, 0.2) is 5.82 Å². The van der Waals surface area contributed by atoms with Gasteiger partial charge in [0.2, 0.25) is 0 Å². The lowest BCUT2D eigenvalue weighted by Gasteiger charge is -2.00. The molecule has 0 aliphatic heterocycles. The van der Waals surface area contributed by atoms with E-state index in [1.165, 1.54) is 0 Å². The highest BCUT2D eigenvalue weighted by Gasteiger charge is 2.13. The third-order valence-electron chi connectivity index (χ3n) is 2.40. The predicted octanol–water partition coefficient (Wildman–Crippen LogP) is 2.91. The van der Waals surface area contributed by atoms with Crippen molar-refractivity contribution in [2.24, 2.45) is 0 Å². The smallest absolute Gasteiger partial charge is 0.258 e. The van der Waals surface area contributed by atoms with Gasteiger partial charge in [-0.15, -0.1) is 11.3 Å². The second-order valence-corrected chi connectivity index (χ2v) is 4.69. The number of carbonyl (C=O) groups is 1. The average molecular weight is 236 g/mol. The highest BCUT2D eigenvalue weighted by molar-refractivity contribution is 7.10. The molecule has 1 amide bonds. The maximum absolute atomic E-state index is 11.9. The van der Waals surface area contributed by atoms with Gasteiger partial charge in [-0.3, -0.25) is 4.79 Å². The van der Waals surface area contributed by atoms with Crippen molar-refractivity contribution in [1.82, 2.24) is 5.16 Å². The second-order valence-electron chi connectivity index (χ2n) is 3.61. The van der Waals surface area contributed by atoms with Gasteiger partial charge in [-0.05, 0) is 26.3 Å². The van der Waals surface area contributed by atoms with Crippen LogP contribution in [0.15, 0.2) is 16.0 Å². The molecule has 0 atom stereocenters. The summed E-state index contributed by atoms with van der Waals surface area (Å²) in [6.07, 6.45) is 0. The van der Waals surface area contributed by atoms with E-state index in [1.807, 2.05) is 19.2 Å². The van der Waals surface area contributed by atoms with Gasteiger partial charge >= 0.3 is 0 Å². The van der Waals surface area contributed by atoms with Gasteiger partial charge in [-0.2, -0.15) is 0 Å². The number of nitrogens with one attached hydrogen (secondary N) is 1. The molecule has 0 aliphatic carbocycles. The van der Waals surface area contributed by atoms with E-state index < -0.39 is 0 Å². The van der Waals surface area contributed by atoms with Crippen LogP contribution in [0.3, 0.4) is 0 Å². The molecule has 2 heterocycles. The summed E-state index contributed by atoms with van der Waals surface area (Å²) in [5.74, 6) is 0.981. The van der Waals surface area contributed by atoms with Gasteiger partial charge in [0, 0.05) is 16.3 Å². The third-order valence-corrected chi connectivity index (χ3v) is 3.41. The third kappa shape index (κ3) is 1.99. The number of aromatic nitrogens is 1. The highest BCUT2D eigenvalue weighted by atomic mass is 32.1. The summed E-state index contributed by atoms with van der Waals surface area (Å²) in [5.41, 5.74) is 1.71. The van der Waals surface area contributed by atoms with Crippen LogP contribution in [0, 0.1) is 20.8 Å². The zero-order chi connectivity index (χ0) is 11.7. The Morgan fingerprint density at radius 3 is 2.69 bits per heavy atom. The number of anilines is 1. The molecular formula is C11H12N2O2S. The first-order valence-electron chi connectivity index (χ1n) is 4.87. The predicted molar refractivity (Wildman–Crippen MR) is 63.0 cm³/mol. The Bertz CT molecular complexity index is 528. The minimum Gasteiger partial charge on any atom is -0.360 e. The number of amides is 1. The Morgan fingerprint density at radius 1 is 1.44 bits per heavy atom. The van der Waals surface area contributed by atoms with E-state index >= 15 is 0 Å². The molecule has 1 N–H and O–H groups in total. The summed E-state index contributed by atoms with van der Waals surface area (Å²) in [6, 6.07) is 1.69. The van der Waals surface area contributed by atoms with Crippen molar-refractivity contribution in [2.45, 2.75) is 20.8 Å². The topological polar surface area (TPSA) is 55.1 Å². The van der Waals surface area contributed by atoms with Crippen molar-refractivity contribution < 1.29 is 9.32 Å².